The van der Waals surface area contributed by atoms with Gasteiger partial charge in [-0.3, -0.25) is 14.3 Å². The second-order valence-corrected chi connectivity index (χ2v) is 4.76. The van der Waals surface area contributed by atoms with Gasteiger partial charge in [-0.05, 0) is 35.9 Å². The highest BCUT2D eigenvalue weighted by molar-refractivity contribution is 5.94. The van der Waals surface area contributed by atoms with Crippen LogP contribution in [0.2, 0.25) is 0 Å². The molecular weight excluding hydrogens is 282 g/mol. The monoisotopic (exact) mass is 295 g/mol. The number of hydrogen-bond acceptors (Lipinski definition) is 5. The van der Waals surface area contributed by atoms with Crippen LogP contribution in [0.3, 0.4) is 0 Å². The zero-order valence-electron chi connectivity index (χ0n) is 11.9. The van der Waals surface area contributed by atoms with Gasteiger partial charge in [0, 0.05) is 12.4 Å². The molecule has 3 rings (SSSR count). The van der Waals surface area contributed by atoms with Crippen LogP contribution in [0.1, 0.15) is 15.9 Å². The summed E-state index contributed by atoms with van der Waals surface area (Å²) in [5.41, 5.74) is 1.62. The number of aromatic nitrogens is 3. The second kappa shape index (κ2) is 5.77. The van der Waals surface area contributed by atoms with Gasteiger partial charge in [-0.15, -0.1) is 0 Å². The number of carbonyl (C=O) groups is 1. The molecule has 22 heavy (non-hydrogen) atoms. The second-order valence-electron chi connectivity index (χ2n) is 4.76. The lowest BCUT2D eigenvalue weighted by Gasteiger charge is -2.07. The molecular formula is C16H13N3O3. The van der Waals surface area contributed by atoms with Crippen molar-refractivity contribution in [1.82, 2.24) is 14.5 Å². The van der Waals surface area contributed by atoms with E-state index in [1.54, 1.807) is 24.5 Å². The number of pyridine rings is 1. The first-order chi connectivity index (χ1) is 10.7. The lowest BCUT2D eigenvalue weighted by Crippen LogP contribution is -2.21. The average Bonchev–Trinajstić information content (AvgIpc) is 2.57. The molecule has 2 heterocycles. The quantitative estimate of drug-likeness (QED) is 0.687. The van der Waals surface area contributed by atoms with Crippen LogP contribution in [0.4, 0.5) is 0 Å². The summed E-state index contributed by atoms with van der Waals surface area (Å²) in [4.78, 5) is 32.3. The standard InChI is InChI=1S/C16H13N3O3/c1-22-16(21)12-2-3-14-13(8-12)15(20)19(10-18-14)9-11-4-6-17-7-5-11/h2-8,10H,9H2,1H3. The van der Waals surface area contributed by atoms with Crippen molar-refractivity contribution >= 4 is 16.9 Å². The molecule has 1 aromatic carbocycles. The van der Waals surface area contributed by atoms with E-state index in [4.69, 9.17) is 0 Å². The van der Waals surface area contributed by atoms with Crippen LogP contribution in [0.15, 0.2) is 53.8 Å². The van der Waals surface area contributed by atoms with Crippen LogP contribution >= 0.6 is 0 Å². The van der Waals surface area contributed by atoms with Gasteiger partial charge < -0.3 is 4.74 Å². The van der Waals surface area contributed by atoms with Crippen molar-refractivity contribution in [3.05, 3.63) is 70.5 Å². The Morgan fingerprint density at radius 3 is 2.73 bits per heavy atom. The lowest BCUT2D eigenvalue weighted by molar-refractivity contribution is 0.0601. The predicted molar refractivity (Wildman–Crippen MR) is 80.7 cm³/mol. The number of fused-ring (bicyclic) bond motifs is 1. The SMILES string of the molecule is COC(=O)c1ccc2ncn(Cc3ccncc3)c(=O)c2c1. The summed E-state index contributed by atoms with van der Waals surface area (Å²) < 4.78 is 6.17. The first-order valence-corrected chi connectivity index (χ1v) is 6.65. The van der Waals surface area contributed by atoms with E-state index in [1.165, 1.54) is 24.1 Å². The van der Waals surface area contributed by atoms with Gasteiger partial charge in [0.1, 0.15) is 0 Å². The molecule has 0 N–H and O–H groups in total. The highest BCUT2D eigenvalue weighted by Crippen LogP contribution is 2.11. The maximum Gasteiger partial charge on any atom is 0.337 e. The van der Waals surface area contributed by atoms with Crippen molar-refractivity contribution < 1.29 is 9.53 Å². The molecule has 0 saturated heterocycles. The summed E-state index contributed by atoms with van der Waals surface area (Å²) in [5, 5.41) is 0.388. The molecule has 0 aliphatic carbocycles. The number of esters is 1. The Bertz CT molecular complexity index is 888. The van der Waals surface area contributed by atoms with Crippen LogP contribution in [-0.4, -0.2) is 27.6 Å². The zero-order valence-corrected chi connectivity index (χ0v) is 11.9. The smallest absolute Gasteiger partial charge is 0.337 e. The fraction of sp³-hybridized carbons (Fsp3) is 0.125. The average molecular weight is 295 g/mol. The van der Waals surface area contributed by atoms with Crippen LogP contribution in [-0.2, 0) is 11.3 Å². The molecule has 0 fully saturated rings. The third-order valence-electron chi connectivity index (χ3n) is 3.35. The molecule has 0 saturated carbocycles. The number of hydrogen-bond donors (Lipinski definition) is 0. The third-order valence-corrected chi connectivity index (χ3v) is 3.35. The van der Waals surface area contributed by atoms with Crippen LogP contribution < -0.4 is 5.56 Å². The molecule has 110 valence electrons. The summed E-state index contributed by atoms with van der Waals surface area (Å²) >= 11 is 0. The highest BCUT2D eigenvalue weighted by Gasteiger charge is 2.10. The molecule has 0 aliphatic heterocycles. The Hall–Kier alpha value is -3.02. The van der Waals surface area contributed by atoms with E-state index in [2.05, 4.69) is 14.7 Å². The third kappa shape index (κ3) is 2.58. The number of carbonyl (C=O) groups excluding carboxylic acids is 1. The molecule has 0 spiro atoms. The maximum atomic E-state index is 12.6. The molecule has 6 heteroatoms. The fourth-order valence-electron chi connectivity index (χ4n) is 2.20. The molecule has 0 aliphatic rings. The topological polar surface area (TPSA) is 74.1 Å². The van der Waals surface area contributed by atoms with Crippen LogP contribution in [0.25, 0.3) is 10.9 Å². The van der Waals surface area contributed by atoms with Gasteiger partial charge in [0.25, 0.3) is 5.56 Å². The number of rotatable bonds is 3. The van der Waals surface area contributed by atoms with Crippen molar-refractivity contribution in [2.75, 3.05) is 7.11 Å². The van der Waals surface area contributed by atoms with Crippen molar-refractivity contribution in [2.24, 2.45) is 0 Å². The van der Waals surface area contributed by atoms with Crippen molar-refractivity contribution in [2.45, 2.75) is 6.54 Å². The van der Waals surface area contributed by atoms with Crippen molar-refractivity contribution in [1.29, 1.82) is 0 Å². The number of methoxy groups -OCH3 is 1. The summed E-state index contributed by atoms with van der Waals surface area (Å²) in [7, 11) is 1.30. The molecule has 0 bridgehead atoms. The summed E-state index contributed by atoms with van der Waals surface area (Å²) in [6.45, 7) is 0.396. The molecule has 6 nitrogen and oxygen atoms in total. The van der Waals surface area contributed by atoms with Crippen LogP contribution in [0, 0.1) is 0 Å². The minimum Gasteiger partial charge on any atom is -0.465 e. The first-order valence-electron chi connectivity index (χ1n) is 6.65. The van der Waals surface area contributed by atoms with Gasteiger partial charge in [-0.2, -0.15) is 0 Å². The number of benzene rings is 1. The minimum atomic E-state index is -0.481. The number of ether oxygens (including phenoxy) is 1. The Morgan fingerprint density at radius 2 is 2.00 bits per heavy atom. The number of nitrogens with zero attached hydrogens (tertiary/aromatic N) is 3. The van der Waals surface area contributed by atoms with Gasteiger partial charge in [-0.1, -0.05) is 0 Å². The van der Waals surface area contributed by atoms with E-state index in [-0.39, 0.29) is 5.56 Å². The Morgan fingerprint density at radius 1 is 1.23 bits per heavy atom. The molecule has 0 radical (unpaired) electrons. The summed E-state index contributed by atoms with van der Waals surface area (Å²) in [5.74, 6) is -0.481. The van der Waals surface area contributed by atoms with Crippen molar-refractivity contribution in [3.8, 4) is 0 Å². The van der Waals surface area contributed by atoms with Gasteiger partial charge in [0.2, 0.25) is 0 Å². The zero-order chi connectivity index (χ0) is 15.5. The van der Waals surface area contributed by atoms with E-state index in [0.29, 0.717) is 23.0 Å². The van der Waals surface area contributed by atoms with Gasteiger partial charge >= 0.3 is 5.97 Å². The molecule has 0 atom stereocenters. The van der Waals surface area contributed by atoms with E-state index >= 15 is 0 Å². The summed E-state index contributed by atoms with van der Waals surface area (Å²) in [6, 6.07) is 8.41. The van der Waals surface area contributed by atoms with Crippen LogP contribution in [0.5, 0.6) is 0 Å². The van der Waals surface area contributed by atoms with Crippen molar-refractivity contribution in [3.63, 3.8) is 0 Å². The Balaban J connectivity index is 2.08. The highest BCUT2D eigenvalue weighted by atomic mass is 16.5. The summed E-state index contributed by atoms with van der Waals surface area (Å²) in [6.07, 6.45) is 4.84. The maximum absolute atomic E-state index is 12.6. The molecule has 2 aromatic heterocycles. The Labute approximate surface area is 126 Å². The fourth-order valence-corrected chi connectivity index (χ4v) is 2.20. The van der Waals surface area contributed by atoms with E-state index in [0.717, 1.165) is 5.56 Å². The van der Waals surface area contributed by atoms with Gasteiger partial charge in [0.15, 0.2) is 0 Å². The largest absolute Gasteiger partial charge is 0.465 e. The first kappa shape index (κ1) is 13.9. The lowest BCUT2D eigenvalue weighted by atomic mass is 10.1. The normalized spacial score (nSPS) is 10.6. The van der Waals surface area contributed by atoms with E-state index in [9.17, 15) is 9.59 Å². The molecule has 0 unspecified atom stereocenters. The Kier molecular flexibility index (Phi) is 3.65. The molecule has 3 aromatic rings. The van der Waals surface area contributed by atoms with E-state index in [1.807, 2.05) is 12.1 Å². The van der Waals surface area contributed by atoms with E-state index < -0.39 is 5.97 Å². The molecule has 0 amide bonds. The van der Waals surface area contributed by atoms with Gasteiger partial charge in [0.05, 0.1) is 36.4 Å². The van der Waals surface area contributed by atoms with Gasteiger partial charge in [-0.25, -0.2) is 9.78 Å². The predicted octanol–water partition coefficient (Wildman–Crippen LogP) is 1.63. The minimum absolute atomic E-state index is 0.201.